The third-order valence-electron chi connectivity index (χ3n) is 2.24. The first-order chi connectivity index (χ1) is 8.36. The van der Waals surface area contributed by atoms with Gasteiger partial charge in [-0.05, 0) is 31.2 Å². The quantitative estimate of drug-likeness (QED) is 0.526. The van der Waals surface area contributed by atoms with Gasteiger partial charge in [-0.2, -0.15) is 0 Å². The molecule has 0 atom stereocenters. The zero-order valence-corrected chi connectivity index (χ0v) is 10.4. The molecule has 0 aliphatic heterocycles. The Balaban J connectivity index is 2.21. The van der Waals surface area contributed by atoms with Gasteiger partial charge in [0.1, 0.15) is 12.4 Å². The molecule has 0 unspecified atom stereocenters. The van der Waals surface area contributed by atoms with Crippen LogP contribution in [0.15, 0.2) is 36.9 Å². The number of benzene rings is 1. The average molecular weight is 235 g/mol. The van der Waals surface area contributed by atoms with Gasteiger partial charge in [-0.25, -0.2) is 0 Å². The van der Waals surface area contributed by atoms with Crippen molar-refractivity contribution in [2.24, 2.45) is 0 Å². The Labute approximate surface area is 103 Å². The Kier molecular flexibility index (Phi) is 7.11. The van der Waals surface area contributed by atoms with E-state index in [1.807, 2.05) is 31.3 Å². The monoisotopic (exact) mass is 235 g/mol. The lowest BCUT2D eigenvalue weighted by atomic mass is 10.2. The summed E-state index contributed by atoms with van der Waals surface area (Å²) >= 11 is 0. The second kappa shape index (κ2) is 8.79. The van der Waals surface area contributed by atoms with Crippen LogP contribution < -0.4 is 10.1 Å². The van der Waals surface area contributed by atoms with Gasteiger partial charge in [0.2, 0.25) is 0 Å². The third-order valence-corrected chi connectivity index (χ3v) is 2.24. The SMILES string of the molecule is C=CCCOCCOc1cccc(CNC)c1. The van der Waals surface area contributed by atoms with E-state index in [9.17, 15) is 0 Å². The first-order valence-corrected chi connectivity index (χ1v) is 5.92. The summed E-state index contributed by atoms with van der Waals surface area (Å²) in [6.45, 7) is 6.40. The molecule has 0 saturated heterocycles. The summed E-state index contributed by atoms with van der Waals surface area (Å²) in [6, 6.07) is 8.08. The van der Waals surface area contributed by atoms with Crippen LogP contribution in [0.2, 0.25) is 0 Å². The lowest BCUT2D eigenvalue weighted by Gasteiger charge is -2.08. The molecule has 3 nitrogen and oxygen atoms in total. The standard InChI is InChI=1S/C14H21NO2/c1-3-4-8-16-9-10-17-14-7-5-6-13(11-14)12-15-2/h3,5-7,11,15H,1,4,8-10,12H2,2H3. The molecule has 17 heavy (non-hydrogen) atoms. The minimum Gasteiger partial charge on any atom is -0.491 e. The lowest BCUT2D eigenvalue weighted by Crippen LogP contribution is -2.08. The Morgan fingerprint density at radius 3 is 2.94 bits per heavy atom. The molecule has 0 spiro atoms. The van der Waals surface area contributed by atoms with Gasteiger partial charge in [-0.1, -0.05) is 18.2 Å². The molecule has 0 amide bonds. The zero-order valence-electron chi connectivity index (χ0n) is 10.4. The number of hydrogen-bond donors (Lipinski definition) is 1. The fourth-order valence-electron chi connectivity index (χ4n) is 1.44. The van der Waals surface area contributed by atoms with E-state index in [1.165, 1.54) is 5.56 Å². The van der Waals surface area contributed by atoms with Crippen molar-refractivity contribution in [3.63, 3.8) is 0 Å². The van der Waals surface area contributed by atoms with Gasteiger partial charge in [0.25, 0.3) is 0 Å². The highest BCUT2D eigenvalue weighted by molar-refractivity contribution is 5.28. The molecule has 1 rings (SSSR count). The number of hydrogen-bond acceptors (Lipinski definition) is 3. The molecule has 0 aromatic heterocycles. The predicted octanol–water partition coefficient (Wildman–Crippen LogP) is 2.38. The first-order valence-electron chi connectivity index (χ1n) is 5.92. The highest BCUT2D eigenvalue weighted by atomic mass is 16.5. The molecular formula is C14H21NO2. The Bertz CT molecular complexity index is 326. The van der Waals surface area contributed by atoms with E-state index in [1.54, 1.807) is 0 Å². The van der Waals surface area contributed by atoms with Crippen LogP contribution in [0.25, 0.3) is 0 Å². The maximum absolute atomic E-state index is 5.59. The van der Waals surface area contributed by atoms with Crippen molar-refractivity contribution in [2.75, 3.05) is 26.9 Å². The van der Waals surface area contributed by atoms with E-state index in [-0.39, 0.29) is 0 Å². The topological polar surface area (TPSA) is 30.5 Å². The van der Waals surface area contributed by atoms with Gasteiger partial charge in [0.05, 0.1) is 13.2 Å². The summed E-state index contributed by atoms with van der Waals surface area (Å²) in [6.07, 6.45) is 2.74. The summed E-state index contributed by atoms with van der Waals surface area (Å²) in [4.78, 5) is 0. The van der Waals surface area contributed by atoms with Crippen LogP contribution in [-0.2, 0) is 11.3 Å². The first kappa shape index (κ1) is 13.7. The van der Waals surface area contributed by atoms with Crippen LogP contribution in [0, 0.1) is 0 Å². The van der Waals surface area contributed by atoms with Crippen LogP contribution in [-0.4, -0.2) is 26.9 Å². The molecule has 3 heteroatoms. The molecule has 0 fully saturated rings. The van der Waals surface area contributed by atoms with Crippen molar-refractivity contribution in [1.82, 2.24) is 5.32 Å². The van der Waals surface area contributed by atoms with Crippen molar-refractivity contribution in [3.8, 4) is 5.75 Å². The van der Waals surface area contributed by atoms with Crippen molar-refractivity contribution >= 4 is 0 Å². The summed E-state index contributed by atoms with van der Waals surface area (Å²) < 4.78 is 11.0. The minimum absolute atomic E-state index is 0.583. The maximum atomic E-state index is 5.59. The molecule has 94 valence electrons. The average Bonchev–Trinajstić information content (AvgIpc) is 2.35. The fraction of sp³-hybridized carbons (Fsp3) is 0.429. The molecule has 1 N–H and O–H groups in total. The molecule has 0 saturated carbocycles. The summed E-state index contributed by atoms with van der Waals surface area (Å²) in [5, 5.41) is 3.11. The van der Waals surface area contributed by atoms with Crippen LogP contribution in [0.5, 0.6) is 5.75 Å². The van der Waals surface area contributed by atoms with Gasteiger partial charge >= 0.3 is 0 Å². The summed E-state index contributed by atoms with van der Waals surface area (Å²) in [5.41, 5.74) is 1.22. The Morgan fingerprint density at radius 2 is 2.18 bits per heavy atom. The molecular weight excluding hydrogens is 214 g/mol. The van der Waals surface area contributed by atoms with Crippen molar-refractivity contribution in [1.29, 1.82) is 0 Å². The van der Waals surface area contributed by atoms with Crippen molar-refractivity contribution in [3.05, 3.63) is 42.5 Å². The van der Waals surface area contributed by atoms with Crippen molar-refractivity contribution < 1.29 is 9.47 Å². The van der Waals surface area contributed by atoms with Gasteiger partial charge in [0.15, 0.2) is 0 Å². The molecule has 0 aliphatic carbocycles. The number of nitrogens with one attached hydrogen (secondary N) is 1. The predicted molar refractivity (Wildman–Crippen MR) is 70.3 cm³/mol. The molecule has 0 bridgehead atoms. The van der Waals surface area contributed by atoms with Gasteiger partial charge in [-0.3, -0.25) is 0 Å². The second-order valence-electron chi connectivity index (χ2n) is 3.72. The van der Waals surface area contributed by atoms with Crippen LogP contribution >= 0.6 is 0 Å². The van der Waals surface area contributed by atoms with E-state index >= 15 is 0 Å². The van der Waals surface area contributed by atoms with E-state index in [4.69, 9.17) is 9.47 Å². The molecule has 1 aromatic carbocycles. The van der Waals surface area contributed by atoms with E-state index in [2.05, 4.69) is 18.0 Å². The lowest BCUT2D eigenvalue weighted by molar-refractivity contribution is 0.103. The van der Waals surface area contributed by atoms with Gasteiger partial charge in [-0.15, -0.1) is 6.58 Å². The largest absolute Gasteiger partial charge is 0.491 e. The molecule has 1 aromatic rings. The highest BCUT2D eigenvalue weighted by Crippen LogP contribution is 2.12. The Morgan fingerprint density at radius 1 is 1.29 bits per heavy atom. The van der Waals surface area contributed by atoms with Gasteiger partial charge < -0.3 is 14.8 Å². The summed E-state index contributed by atoms with van der Waals surface area (Å²) in [5.74, 6) is 0.894. The fourth-order valence-corrected chi connectivity index (χ4v) is 1.44. The third kappa shape index (κ3) is 6.09. The smallest absolute Gasteiger partial charge is 0.119 e. The summed E-state index contributed by atoms with van der Waals surface area (Å²) in [7, 11) is 1.93. The normalized spacial score (nSPS) is 10.2. The van der Waals surface area contributed by atoms with Gasteiger partial charge in [0, 0.05) is 6.54 Å². The van der Waals surface area contributed by atoms with E-state index in [0.717, 1.165) is 18.7 Å². The molecule has 0 heterocycles. The zero-order chi connectivity index (χ0) is 12.3. The van der Waals surface area contributed by atoms with Crippen LogP contribution in [0.1, 0.15) is 12.0 Å². The number of rotatable bonds is 9. The molecule has 0 radical (unpaired) electrons. The minimum atomic E-state index is 0.583. The second-order valence-corrected chi connectivity index (χ2v) is 3.72. The van der Waals surface area contributed by atoms with Crippen LogP contribution in [0.4, 0.5) is 0 Å². The van der Waals surface area contributed by atoms with Crippen LogP contribution in [0.3, 0.4) is 0 Å². The number of ether oxygens (including phenoxy) is 2. The molecule has 0 aliphatic rings. The van der Waals surface area contributed by atoms with Crippen molar-refractivity contribution in [2.45, 2.75) is 13.0 Å². The Hall–Kier alpha value is -1.32. The van der Waals surface area contributed by atoms with E-state index < -0.39 is 0 Å². The van der Waals surface area contributed by atoms with E-state index in [0.29, 0.717) is 19.8 Å². The maximum Gasteiger partial charge on any atom is 0.119 e. The highest BCUT2D eigenvalue weighted by Gasteiger charge is 1.96.